The summed E-state index contributed by atoms with van der Waals surface area (Å²) >= 11 is 0. The van der Waals surface area contributed by atoms with Gasteiger partial charge in [0.2, 0.25) is 11.6 Å². The Morgan fingerprint density at radius 1 is 1.12 bits per heavy atom. The molecule has 1 aliphatic heterocycles. The number of hydrogen-bond acceptors (Lipinski definition) is 5. The molecule has 2 heterocycles. The van der Waals surface area contributed by atoms with Gasteiger partial charge >= 0.3 is 6.18 Å². The molecule has 174 valence electrons. The maximum Gasteiger partial charge on any atom is 0.438 e. The number of nitrogens with one attached hydrogen (secondary N) is 1. The molecule has 4 rings (SSSR count). The van der Waals surface area contributed by atoms with Gasteiger partial charge in [-0.15, -0.1) is 0 Å². The number of amides is 1. The van der Waals surface area contributed by atoms with Crippen LogP contribution in [0.1, 0.15) is 36.2 Å². The monoisotopic (exact) mass is 461 g/mol. The van der Waals surface area contributed by atoms with Crippen molar-refractivity contribution in [2.45, 2.75) is 39.4 Å². The van der Waals surface area contributed by atoms with E-state index < -0.39 is 29.4 Å². The van der Waals surface area contributed by atoms with Crippen molar-refractivity contribution in [1.29, 1.82) is 0 Å². The van der Waals surface area contributed by atoms with E-state index >= 15 is 0 Å². The fraction of sp³-hybridized carbons (Fsp3) is 0.348. The van der Waals surface area contributed by atoms with E-state index in [0.29, 0.717) is 30.4 Å². The van der Waals surface area contributed by atoms with Crippen molar-refractivity contribution in [3.8, 4) is 11.5 Å². The number of hydrogen-bond donors (Lipinski definition) is 1. The standard InChI is InChI=1S/C23H22F3N3O4/c1-4-16(21(30)27-14-5-6-18-19(11-14)33-8-7-32-18)29-17-10-13(3)12(2)9-15(17)28-20(22(29)31)23(24,25)26/h5-6,9-11,16H,4,7-8H2,1-3H3,(H,27,30). The number of alkyl halides is 3. The van der Waals surface area contributed by atoms with Crippen LogP contribution in [0.15, 0.2) is 35.1 Å². The van der Waals surface area contributed by atoms with Crippen molar-refractivity contribution >= 4 is 22.6 Å². The number of aryl methyl sites for hydroxylation is 2. The second-order valence-corrected chi connectivity index (χ2v) is 7.83. The molecule has 10 heteroatoms. The third-order valence-electron chi connectivity index (χ3n) is 5.58. The Balaban J connectivity index is 1.81. The smallest absolute Gasteiger partial charge is 0.438 e. The zero-order chi connectivity index (χ0) is 23.9. The molecule has 0 radical (unpaired) electrons. The van der Waals surface area contributed by atoms with Crippen molar-refractivity contribution < 1.29 is 27.4 Å². The second kappa shape index (κ2) is 8.42. The molecule has 0 spiro atoms. The normalized spacial score (nSPS) is 14.2. The Bertz CT molecular complexity index is 1300. The predicted molar refractivity (Wildman–Crippen MR) is 116 cm³/mol. The number of anilines is 1. The molecule has 1 atom stereocenters. The van der Waals surface area contributed by atoms with Crippen molar-refractivity contribution in [2.75, 3.05) is 18.5 Å². The molecule has 33 heavy (non-hydrogen) atoms. The first kappa shape index (κ1) is 22.6. The van der Waals surface area contributed by atoms with Gasteiger partial charge in [0.25, 0.3) is 5.56 Å². The highest BCUT2D eigenvalue weighted by molar-refractivity contribution is 5.95. The minimum Gasteiger partial charge on any atom is -0.486 e. The number of aromatic nitrogens is 2. The summed E-state index contributed by atoms with van der Waals surface area (Å²) in [7, 11) is 0. The van der Waals surface area contributed by atoms with Gasteiger partial charge in [-0.3, -0.25) is 14.2 Å². The first-order valence-electron chi connectivity index (χ1n) is 10.4. The molecule has 0 saturated heterocycles. The molecular formula is C23H22F3N3O4. The largest absolute Gasteiger partial charge is 0.486 e. The van der Waals surface area contributed by atoms with Crippen molar-refractivity contribution in [1.82, 2.24) is 9.55 Å². The minimum atomic E-state index is -4.96. The summed E-state index contributed by atoms with van der Waals surface area (Å²) < 4.78 is 52.7. The van der Waals surface area contributed by atoms with E-state index in [0.717, 1.165) is 15.7 Å². The van der Waals surface area contributed by atoms with Gasteiger partial charge in [0, 0.05) is 11.8 Å². The molecule has 0 fully saturated rings. The topological polar surface area (TPSA) is 82.5 Å². The van der Waals surface area contributed by atoms with Gasteiger partial charge in [-0.1, -0.05) is 6.92 Å². The van der Waals surface area contributed by atoms with Gasteiger partial charge in [0.1, 0.15) is 19.3 Å². The van der Waals surface area contributed by atoms with Crippen LogP contribution in [0.3, 0.4) is 0 Å². The molecule has 1 aromatic heterocycles. The van der Waals surface area contributed by atoms with Crippen molar-refractivity contribution in [2.24, 2.45) is 0 Å². The van der Waals surface area contributed by atoms with Crippen LogP contribution in [0, 0.1) is 13.8 Å². The Morgan fingerprint density at radius 2 is 1.79 bits per heavy atom. The Hall–Kier alpha value is -3.56. The minimum absolute atomic E-state index is 0.00407. The van der Waals surface area contributed by atoms with E-state index in [1.807, 2.05) is 0 Å². The summed E-state index contributed by atoms with van der Waals surface area (Å²) in [6.45, 7) is 5.91. The zero-order valence-corrected chi connectivity index (χ0v) is 18.2. The van der Waals surface area contributed by atoms with E-state index in [4.69, 9.17) is 9.47 Å². The van der Waals surface area contributed by atoms with Crippen molar-refractivity contribution in [3.63, 3.8) is 0 Å². The lowest BCUT2D eigenvalue weighted by atomic mass is 10.1. The molecule has 0 aliphatic carbocycles. The molecule has 1 N–H and O–H groups in total. The van der Waals surface area contributed by atoms with Crippen LogP contribution < -0.4 is 20.3 Å². The highest BCUT2D eigenvalue weighted by atomic mass is 19.4. The summed E-state index contributed by atoms with van der Waals surface area (Å²) in [5.41, 5.74) is -0.888. The van der Waals surface area contributed by atoms with Gasteiger partial charge in [-0.2, -0.15) is 13.2 Å². The lowest BCUT2D eigenvalue weighted by Gasteiger charge is -2.23. The van der Waals surface area contributed by atoms with E-state index in [-0.39, 0.29) is 17.5 Å². The maximum atomic E-state index is 13.6. The van der Waals surface area contributed by atoms with Crippen LogP contribution in [-0.2, 0) is 11.0 Å². The number of carbonyl (C=O) groups excluding carboxylic acids is 1. The van der Waals surface area contributed by atoms with Gasteiger partial charge in [-0.25, -0.2) is 4.98 Å². The number of fused-ring (bicyclic) bond motifs is 2. The van der Waals surface area contributed by atoms with E-state index in [2.05, 4.69) is 10.3 Å². The molecule has 2 aromatic carbocycles. The zero-order valence-electron chi connectivity index (χ0n) is 18.2. The molecule has 1 aliphatic rings. The average molecular weight is 461 g/mol. The van der Waals surface area contributed by atoms with Crippen LogP contribution >= 0.6 is 0 Å². The van der Waals surface area contributed by atoms with Crippen LogP contribution in [0.2, 0.25) is 0 Å². The molecule has 0 bridgehead atoms. The molecular weight excluding hydrogens is 439 g/mol. The lowest BCUT2D eigenvalue weighted by Crippen LogP contribution is -2.37. The third-order valence-corrected chi connectivity index (χ3v) is 5.58. The van der Waals surface area contributed by atoms with E-state index in [1.165, 1.54) is 6.07 Å². The first-order valence-corrected chi connectivity index (χ1v) is 10.4. The maximum absolute atomic E-state index is 13.6. The van der Waals surface area contributed by atoms with Crippen LogP contribution in [0.25, 0.3) is 11.0 Å². The second-order valence-electron chi connectivity index (χ2n) is 7.83. The molecule has 3 aromatic rings. The van der Waals surface area contributed by atoms with Gasteiger partial charge in [-0.05, 0) is 55.7 Å². The Morgan fingerprint density at radius 3 is 2.45 bits per heavy atom. The molecule has 0 saturated carbocycles. The first-order chi connectivity index (χ1) is 15.6. The third kappa shape index (κ3) is 4.24. The summed E-state index contributed by atoms with van der Waals surface area (Å²) in [6, 6.07) is 6.67. The van der Waals surface area contributed by atoms with Gasteiger partial charge < -0.3 is 14.8 Å². The SMILES string of the molecule is CCC(C(=O)Nc1ccc2c(c1)OCCO2)n1c(=O)c(C(F)(F)F)nc2cc(C)c(C)cc21. The fourth-order valence-corrected chi connectivity index (χ4v) is 3.79. The fourth-order valence-electron chi connectivity index (χ4n) is 3.79. The van der Waals surface area contributed by atoms with E-state index in [9.17, 15) is 22.8 Å². The predicted octanol–water partition coefficient (Wildman–Crippen LogP) is 4.39. The summed E-state index contributed by atoms with van der Waals surface area (Å²) in [5, 5.41) is 2.68. The van der Waals surface area contributed by atoms with Crippen LogP contribution in [0.4, 0.5) is 18.9 Å². The number of nitrogens with zero attached hydrogens (tertiary/aromatic N) is 2. The average Bonchev–Trinajstić information content (AvgIpc) is 2.76. The Labute approximate surface area is 187 Å². The van der Waals surface area contributed by atoms with Gasteiger partial charge in [0.15, 0.2) is 11.5 Å². The van der Waals surface area contributed by atoms with Crippen LogP contribution in [-0.4, -0.2) is 28.7 Å². The summed E-state index contributed by atoms with van der Waals surface area (Å²) in [5.74, 6) is 0.350. The Kier molecular flexibility index (Phi) is 5.77. The summed E-state index contributed by atoms with van der Waals surface area (Å²) in [6.07, 6.45) is -4.88. The molecule has 1 amide bonds. The highest BCUT2D eigenvalue weighted by Crippen LogP contribution is 2.33. The molecule has 1 unspecified atom stereocenters. The van der Waals surface area contributed by atoms with Crippen LogP contribution in [0.5, 0.6) is 11.5 Å². The van der Waals surface area contributed by atoms with Gasteiger partial charge in [0.05, 0.1) is 11.0 Å². The summed E-state index contributed by atoms with van der Waals surface area (Å²) in [4.78, 5) is 29.7. The number of halogens is 3. The van der Waals surface area contributed by atoms with Crippen molar-refractivity contribution in [3.05, 3.63) is 57.5 Å². The lowest BCUT2D eigenvalue weighted by molar-refractivity contribution is -0.142. The molecule has 7 nitrogen and oxygen atoms in total. The number of rotatable bonds is 4. The van der Waals surface area contributed by atoms with E-state index in [1.54, 1.807) is 45.0 Å². The quantitative estimate of drug-likeness (QED) is 0.623. The number of ether oxygens (including phenoxy) is 2. The number of benzene rings is 2. The highest BCUT2D eigenvalue weighted by Gasteiger charge is 2.39. The number of carbonyl (C=O) groups is 1.